The maximum atomic E-state index is 3.58. The van der Waals surface area contributed by atoms with Crippen LogP contribution in [-0.4, -0.2) is 51.2 Å². The number of benzene rings is 1. The lowest BCUT2D eigenvalue weighted by atomic mass is 10.2. The van der Waals surface area contributed by atoms with Crippen LogP contribution in [0.4, 0.5) is 5.69 Å². The highest BCUT2D eigenvalue weighted by Gasteiger charge is 2.23. The third-order valence-electron chi connectivity index (χ3n) is 3.58. The van der Waals surface area contributed by atoms with Gasteiger partial charge in [0.1, 0.15) is 0 Å². The molecule has 1 atom stereocenters. The van der Waals surface area contributed by atoms with Gasteiger partial charge in [-0.2, -0.15) is 0 Å². The molecule has 1 aliphatic heterocycles. The van der Waals surface area contributed by atoms with Gasteiger partial charge in [-0.1, -0.05) is 18.2 Å². The standard InChI is InChI=1S/C15H25N3/c1-17(2)12-10-16-13-15-9-6-11-18(15)14-7-4-3-5-8-14/h3-5,7-8,15-16H,6,9-13H2,1-2H3. The summed E-state index contributed by atoms with van der Waals surface area (Å²) in [5.41, 5.74) is 1.37. The molecule has 1 saturated heterocycles. The Hall–Kier alpha value is -1.06. The van der Waals surface area contributed by atoms with Crippen molar-refractivity contribution in [2.75, 3.05) is 45.2 Å². The molecule has 2 rings (SSSR count). The van der Waals surface area contributed by atoms with Gasteiger partial charge in [0.15, 0.2) is 0 Å². The lowest BCUT2D eigenvalue weighted by molar-refractivity contribution is 0.396. The Kier molecular flexibility index (Phi) is 5.02. The van der Waals surface area contributed by atoms with Crippen LogP contribution in [0.25, 0.3) is 0 Å². The van der Waals surface area contributed by atoms with Crippen LogP contribution in [0.2, 0.25) is 0 Å². The topological polar surface area (TPSA) is 18.5 Å². The van der Waals surface area contributed by atoms with Gasteiger partial charge in [-0.15, -0.1) is 0 Å². The number of para-hydroxylation sites is 1. The largest absolute Gasteiger partial charge is 0.367 e. The summed E-state index contributed by atoms with van der Waals surface area (Å²) in [6.07, 6.45) is 2.62. The average Bonchev–Trinajstić information content (AvgIpc) is 2.84. The monoisotopic (exact) mass is 247 g/mol. The van der Waals surface area contributed by atoms with Gasteiger partial charge in [0, 0.05) is 37.9 Å². The number of rotatable bonds is 6. The highest BCUT2D eigenvalue weighted by atomic mass is 15.2. The second-order valence-corrected chi connectivity index (χ2v) is 5.33. The molecule has 1 fully saturated rings. The van der Waals surface area contributed by atoms with Gasteiger partial charge >= 0.3 is 0 Å². The SMILES string of the molecule is CN(C)CCNCC1CCCN1c1ccccc1. The fourth-order valence-electron chi connectivity index (χ4n) is 2.58. The van der Waals surface area contributed by atoms with E-state index in [1.54, 1.807) is 0 Å². The van der Waals surface area contributed by atoms with Gasteiger partial charge in [-0.25, -0.2) is 0 Å². The van der Waals surface area contributed by atoms with Gasteiger partial charge in [-0.3, -0.25) is 0 Å². The number of hydrogen-bond acceptors (Lipinski definition) is 3. The van der Waals surface area contributed by atoms with Crippen molar-refractivity contribution in [1.82, 2.24) is 10.2 Å². The minimum absolute atomic E-state index is 0.662. The quantitative estimate of drug-likeness (QED) is 0.773. The summed E-state index contributed by atoms with van der Waals surface area (Å²) in [7, 11) is 4.24. The Morgan fingerprint density at radius 3 is 2.78 bits per heavy atom. The maximum absolute atomic E-state index is 3.58. The van der Waals surface area contributed by atoms with Gasteiger partial charge in [-0.05, 0) is 39.1 Å². The minimum atomic E-state index is 0.662. The zero-order valence-corrected chi connectivity index (χ0v) is 11.6. The van der Waals surface area contributed by atoms with E-state index in [9.17, 15) is 0 Å². The Morgan fingerprint density at radius 1 is 1.28 bits per heavy atom. The molecule has 0 spiro atoms. The third-order valence-corrected chi connectivity index (χ3v) is 3.58. The first-order chi connectivity index (χ1) is 8.77. The summed E-state index contributed by atoms with van der Waals surface area (Å²) >= 11 is 0. The summed E-state index contributed by atoms with van der Waals surface area (Å²) in [6.45, 7) is 4.48. The van der Waals surface area contributed by atoms with Gasteiger partial charge in [0.05, 0.1) is 0 Å². The second-order valence-electron chi connectivity index (χ2n) is 5.33. The van der Waals surface area contributed by atoms with Crippen molar-refractivity contribution < 1.29 is 0 Å². The van der Waals surface area contributed by atoms with Crippen LogP contribution in [0.1, 0.15) is 12.8 Å². The Bertz CT molecular complexity index is 337. The number of hydrogen-bond donors (Lipinski definition) is 1. The molecular weight excluding hydrogens is 222 g/mol. The van der Waals surface area contributed by atoms with Crippen LogP contribution in [0.15, 0.2) is 30.3 Å². The van der Waals surface area contributed by atoms with Gasteiger partial charge < -0.3 is 15.1 Å². The second kappa shape index (κ2) is 6.76. The third kappa shape index (κ3) is 3.72. The fraction of sp³-hybridized carbons (Fsp3) is 0.600. The Balaban J connectivity index is 1.81. The first-order valence-electron chi connectivity index (χ1n) is 6.94. The van der Waals surface area contributed by atoms with Crippen molar-refractivity contribution in [2.24, 2.45) is 0 Å². The Morgan fingerprint density at radius 2 is 2.06 bits per heavy atom. The molecule has 0 saturated carbocycles. The highest BCUT2D eigenvalue weighted by molar-refractivity contribution is 5.48. The van der Waals surface area contributed by atoms with E-state index < -0.39 is 0 Å². The number of nitrogens with one attached hydrogen (secondary N) is 1. The van der Waals surface area contributed by atoms with E-state index in [-0.39, 0.29) is 0 Å². The van der Waals surface area contributed by atoms with Crippen molar-refractivity contribution >= 4 is 5.69 Å². The van der Waals surface area contributed by atoms with E-state index in [2.05, 4.69) is 59.5 Å². The molecule has 1 aromatic carbocycles. The summed E-state index contributed by atoms with van der Waals surface area (Å²) in [6, 6.07) is 11.4. The van der Waals surface area contributed by atoms with E-state index in [1.165, 1.54) is 25.1 Å². The van der Waals surface area contributed by atoms with E-state index >= 15 is 0 Å². The zero-order valence-electron chi connectivity index (χ0n) is 11.6. The predicted octanol–water partition coefficient (Wildman–Crippen LogP) is 1.81. The molecule has 0 bridgehead atoms. The van der Waals surface area contributed by atoms with Gasteiger partial charge in [0.25, 0.3) is 0 Å². The molecule has 1 aliphatic rings. The Labute approximate surface area is 111 Å². The summed E-state index contributed by atoms with van der Waals surface area (Å²) < 4.78 is 0. The number of likely N-dealkylation sites (N-methyl/N-ethyl adjacent to an activating group) is 1. The van der Waals surface area contributed by atoms with Crippen molar-refractivity contribution in [1.29, 1.82) is 0 Å². The molecule has 1 N–H and O–H groups in total. The summed E-state index contributed by atoms with van der Waals surface area (Å²) in [4.78, 5) is 4.76. The number of anilines is 1. The average molecular weight is 247 g/mol. The molecule has 1 unspecified atom stereocenters. The molecule has 0 radical (unpaired) electrons. The van der Waals surface area contributed by atoms with E-state index in [4.69, 9.17) is 0 Å². The molecule has 1 aromatic rings. The summed E-state index contributed by atoms with van der Waals surface area (Å²) in [5, 5.41) is 3.58. The van der Waals surface area contributed by atoms with Crippen molar-refractivity contribution in [2.45, 2.75) is 18.9 Å². The molecule has 18 heavy (non-hydrogen) atoms. The molecule has 3 nitrogen and oxygen atoms in total. The first-order valence-corrected chi connectivity index (χ1v) is 6.94. The fourth-order valence-corrected chi connectivity index (χ4v) is 2.58. The lowest BCUT2D eigenvalue weighted by Crippen LogP contribution is -2.39. The predicted molar refractivity (Wildman–Crippen MR) is 78.2 cm³/mol. The summed E-state index contributed by atoms with van der Waals surface area (Å²) in [5.74, 6) is 0. The minimum Gasteiger partial charge on any atom is -0.367 e. The van der Waals surface area contributed by atoms with Crippen LogP contribution in [-0.2, 0) is 0 Å². The molecular formula is C15H25N3. The highest BCUT2D eigenvalue weighted by Crippen LogP contribution is 2.24. The molecule has 100 valence electrons. The van der Waals surface area contributed by atoms with Crippen molar-refractivity contribution in [3.63, 3.8) is 0 Å². The van der Waals surface area contributed by atoms with E-state index in [0.29, 0.717) is 6.04 Å². The van der Waals surface area contributed by atoms with Crippen molar-refractivity contribution in [3.8, 4) is 0 Å². The van der Waals surface area contributed by atoms with E-state index in [0.717, 1.165) is 19.6 Å². The van der Waals surface area contributed by atoms with Gasteiger partial charge in [0.2, 0.25) is 0 Å². The zero-order chi connectivity index (χ0) is 12.8. The van der Waals surface area contributed by atoms with E-state index in [1.807, 2.05) is 0 Å². The molecule has 0 amide bonds. The van der Waals surface area contributed by atoms with Crippen LogP contribution in [0.5, 0.6) is 0 Å². The van der Waals surface area contributed by atoms with Crippen molar-refractivity contribution in [3.05, 3.63) is 30.3 Å². The molecule has 1 heterocycles. The molecule has 3 heteroatoms. The lowest BCUT2D eigenvalue weighted by Gasteiger charge is -2.27. The van der Waals surface area contributed by atoms with Crippen LogP contribution >= 0.6 is 0 Å². The smallest absolute Gasteiger partial charge is 0.0415 e. The van der Waals surface area contributed by atoms with Crippen LogP contribution < -0.4 is 10.2 Å². The van der Waals surface area contributed by atoms with Crippen LogP contribution in [0.3, 0.4) is 0 Å². The first kappa shape index (κ1) is 13.4. The number of nitrogens with zero attached hydrogens (tertiary/aromatic N) is 2. The maximum Gasteiger partial charge on any atom is 0.0415 e. The molecule has 0 aromatic heterocycles. The molecule has 0 aliphatic carbocycles. The normalized spacial score (nSPS) is 19.7. The van der Waals surface area contributed by atoms with Crippen LogP contribution in [0, 0.1) is 0 Å².